The molecular weight excluding hydrogens is 166 g/mol. The molecule has 1 aromatic heterocycles. The van der Waals surface area contributed by atoms with E-state index < -0.39 is 0 Å². The number of aromatic nitrogens is 2. The summed E-state index contributed by atoms with van der Waals surface area (Å²) in [7, 11) is 1.70. The number of nitrogens with zero attached hydrogens (tertiary/aromatic N) is 2. The predicted molar refractivity (Wildman–Crippen MR) is 51.5 cm³/mol. The van der Waals surface area contributed by atoms with Gasteiger partial charge in [0, 0.05) is 13.3 Å². The Morgan fingerprint density at radius 3 is 3.08 bits per heavy atom. The van der Waals surface area contributed by atoms with Gasteiger partial charge in [0.1, 0.15) is 0 Å². The number of methoxy groups -OCH3 is 1. The van der Waals surface area contributed by atoms with Crippen LogP contribution in [0.5, 0.6) is 0 Å². The van der Waals surface area contributed by atoms with Crippen LogP contribution in [0, 0.1) is 0 Å². The van der Waals surface area contributed by atoms with Crippen molar-refractivity contribution in [1.82, 2.24) is 9.78 Å². The molecule has 4 heteroatoms. The molecule has 0 aliphatic heterocycles. The summed E-state index contributed by atoms with van der Waals surface area (Å²) in [6.07, 6.45) is 4.96. The average molecular weight is 183 g/mol. The first-order valence-electron chi connectivity index (χ1n) is 4.50. The first kappa shape index (κ1) is 10.2. The highest BCUT2D eigenvalue weighted by Crippen LogP contribution is 2.00. The zero-order valence-corrected chi connectivity index (χ0v) is 8.23. The smallest absolute Gasteiger partial charge is 0.0739 e. The van der Waals surface area contributed by atoms with Gasteiger partial charge < -0.3 is 10.5 Å². The van der Waals surface area contributed by atoms with Gasteiger partial charge in [-0.15, -0.1) is 0 Å². The van der Waals surface area contributed by atoms with Crippen molar-refractivity contribution in [3.05, 3.63) is 18.0 Å². The number of hydrogen-bond donors (Lipinski definition) is 1. The third kappa shape index (κ3) is 3.16. The van der Waals surface area contributed by atoms with Gasteiger partial charge in [0.15, 0.2) is 0 Å². The first-order valence-corrected chi connectivity index (χ1v) is 4.50. The van der Waals surface area contributed by atoms with Crippen LogP contribution in [0.2, 0.25) is 0 Å². The van der Waals surface area contributed by atoms with Crippen molar-refractivity contribution >= 4 is 0 Å². The van der Waals surface area contributed by atoms with E-state index in [1.807, 2.05) is 24.0 Å². The van der Waals surface area contributed by atoms with E-state index in [1.165, 1.54) is 5.56 Å². The first-order chi connectivity index (χ1) is 6.26. The van der Waals surface area contributed by atoms with Gasteiger partial charge >= 0.3 is 0 Å². The fourth-order valence-electron chi connectivity index (χ4n) is 1.14. The minimum atomic E-state index is 0.200. The highest BCUT2D eigenvalue weighted by molar-refractivity contribution is 5.04. The molecule has 0 aromatic carbocycles. The Bertz CT molecular complexity index is 247. The zero-order chi connectivity index (χ0) is 9.68. The molecule has 4 nitrogen and oxygen atoms in total. The molecule has 0 aliphatic rings. The molecule has 13 heavy (non-hydrogen) atoms. The number of ether oxygens (including phenoxy) is 1. The third-order valence-electron chi connectivity index (χ3n) is 1.97. The van der Waals surface area contributed by atoms with E-state index in [-0.39, 0.29) is 6.10 Å². The van der Waals surface area contributed by atoms with Gasteiger partial charge in [-0.05, 0) is 25.5 Å². The molecule has 0 saturated carbocycles. The molecule has 0 amide bonds. The van der Waals surface area contributed by atoms with Gasteiger partial charge in [-0.25, -0.2) is 0 Å². The average Bonchev–Trinajstić information content (AvgIpc) is 2.53. The molecular formula is C9H17N3O. The van der Waals surface area contributed by atoms with Crippen molar-refractivity contribution in [2.75, 3.05) is 13.7 Å². The van der Waals surface area contributed by atoms with Crippen molar-refractivity contribution in [3.8, 4) is 0 Å². The maximum Gasteiger partial charge on any atom is 0.0739 e. The highest BCUT2D eigenvalue weighted by atomic mass is 16.5. The molecule has 1 aromatic rings. The topological polar surface area (TPSA) is 53.1 Å². The fourth-order valence-corrected chi connectivity index (χ4v) is 1.14. The van der Waals surface area contributed by atoms with E-state index in [4.69, 9.17) is 10.5 Å². The van der Waals surface area contributed by atoms with Crippen molar-refractivity contribution in [3.63, 3.8) is 0 Å². The van der Waals surface area contributed by atoms with Gasteiger partial charge in [0.2, 0.25) is 0 Å². The van der Waals surface area contributed by atoms with E-state index in [0.29, 0.717) is 6.54 Å². The minimum Gasteiger partial charge on any atom is -0.380 e. The van der Waals surface area contributed by atoms with Gasteiger partial charge in [-0.2, -0.15) is 5.10 Å². The Balaban J connectivity index is 2.48. The summed E-state index contributed by atoms with van der Waals surface area (Å²) in [6, 6.07) is 0. The van der Waals surface area contributed by atoms with Crippen LogP contribution in [-0.2, 0) is 17.7 Å². The molecule has 0 fully saturated rings. The quantitative estimate of drug-likeness (QED) is 0.719. The van der Waals surface area contributed by atoms with Gasteiger partial charge in [-0.1, -0.05) is 0 Å². The molecule has 0 bridgehead atoms. The van der Waals surface area contributed by atoms with Crippen LogP contribution in [0.25, 0.3) is 0 Å². The molecule has 1 atom stereocenters. The fraction of sp³-hybridized carbons (Fsp3) is 0.667. The summed E-state index contributed by atoms with van der Waals surface area (Å²) in [4.78, 5) is 0. The van der Waals surface area contributed by atoms with Crippen LogP contribution in [0.4, 0.5) is 0 Å². The van der Waals surface area contributed by atoms with Crippen LogP contribution < -0.4 is 5.73 Å². The van der Waals surface area contributed by atoms with Crippen LogP contribution in [0.1, 0.15) is 12.5 Å². The third-order valence-corrected chi connectivity index (χ3v) is 1.97. The number of nitrogens with two attached hydrogens (primary N) is 1. The Morgan fingerprint density at radius 1 is 1.69 bits per heavy atom. The summed E-state index contributed by atoms with van der Waals surface area (Å²) in [5, 5.41) is 4.20. The molecule has 74 valence electrons. The lowest BCUT2D eigenvalue weighted by atomic mass is 10.3. The van der Waals surface area contributed by atoms with Gasteiger partial charge in [0.05, 0.1) is 18.8 Å². The Morgan fingerprint density at radius 2 is 2.46 bits per heavy atom. The lowest BCUT2D eigenvalue weighted by Crippen LogP contribution is -2.14. The van der Waals surface area contributed by atoms with Crippen molar-refractivity contribution in [1.29, 1.82) is 0 Å². The van der Waals surface area contributed by atoms with Crippen LogP contribution in [0.15, 0.2) is 12.4 Å². The molecule has 0 spiro atoms. The molecule has 0 saturated heterocycles. The Labute approximate surface area is 78.7 Å². The second kappa shape index (κ2) is 4.99. The van der Waals surface area contributed by atoms with Crippen LogP contribution >= 0.6 is 0 Å². The van der Waals surface area contributed by atoms with E-state index in [1.54, 1.807) is 7.11 Å². The summed E-state index contributed by atoms with van der Waals surface area (Å²) in [6.45, 7) is 3.48. The summed E-state index contributed by atoms with van der Waals surface area (Å²) >= 11 is 0. The summed E-state index contributed by atoms with van der Waals surface area (Å²) < 4.78 is 7.03. The SMILES string of the molecule is COC(C)Cn1cc(CCN)cn1. The molecule has 1 heterocycles. The van der Waals surface area contributed by atoms with Crippen molar-refractivity contribution in [2.24, 2.45) is 5.73 Å². The van der Waals surface area contributed by atoms with E-state index in [2.05, 4.69) is 5.10 Å². The normalized spacial score (nSPS) is 13.2. The lowest BCUT2D eigenvalue weighted by molar-refractivity contribution is 0.0998. The van der Waals surface area contributed by atoms with E-state index >= 15 is 0 Å². The minimum absolute atomic E-state index is 0.200. The predicted octanol–water partition coefficient (Wildman–Crippen LogP) is 0.419. The molecule has 1 rings (SSSR count). The van der Waals surface area contributed by atoms with Gasteiger partial charge in [0.25, 0.3) is 0 Å². The maximum absolute atomic E-state index is 5.44. The lowest BCUT2D eigenvalue weighted by Gasteiger charge is -2.08. The second-order valence-corrected chi connectivity index (χ2v) is 3.16. The summed E-state index contributed by atoms with van der Waals surface area (Å²) in [5.41, 5.74) is 6.62. The second-order valence-electron chi connectivity index (χ2n) is 3.16. The standard InChI is InChI=1S/C9H17N3O/c1-8(13-2)6-12-7-9(3-4-10)5-11-12/h5,7-8H,3-4,6,10H2,1-2H3. The van der Waals surface area contributed by atoms with Gasteiger partial charge in [-0.3, -0.25) is 4.68 Å². The number of rotatable bonds is 5. The van der Waals surface area contributed by atoms with Crippen LogP contribution in [0.3, 0.4) is 0 Å². The highest BCUT2D eigenvalue weighted by Gasteiger charge is 2.02. The Kier molecular flexibility index (Phi) is 3.92. The largest absolute Gasteiger partial charge is 0.380 e. The van der Waals surface area contributed by atoms with E-state index in [0.717, 1.165) is 13.0 Å². The molecule has 1 unspecified atom stereocenters. The number of hydrogen-bond acceptors (Lipinski definition) is 3. The van der Waals surface area contributed by atoms with Crippen molar-refractivity contribution in [2.45, 2.75) is 26.0 Å². The molecule has 0 aliphatic carbocycles. The monoisotopic (exact) mass is 183 g/mol. The maximum atomic E-state index is 5.44. The molecule has 2 N–H and O–H groups in total. The summed E-state index contributed by atoms with van der Waals surface area (Å²) in [5.74, 6) is 0. The Hall–Kier alpha value is -0.870. The van der Waals surface area contributed by atoms with E-state index in [9.17, 15) is 0 Å². The molecule has 0 radical (unpaired) electrons. The zero-order valence-electron chi connectivity index (χ0n) is 8.23. The van der Waals surface area contributed by atoms with Crippen molar-refractivity contribution < 1.29 is 4.74 Å². The van der Waals surface area contributed by atoms with Crippen LogP contribution in [-0.4, -0.2) is 29.5 Å².